The van der Waals surface area contributed by atoms with E-state index < -0.39 is 17.4 Å². The van der Waals surface area contributed by atoms with Crippen molar-refractivity contribution in [1.29, 1.82) is 0 Å². The maximum atomic E-state index is 13.0. The van der Waals surface area contributed by atoms with Crippen LogP contribution in [-0.4, -0.2) is 86.2 Å². The monoisotopic (exact) mass is 549 g/mol. The molecule has 1 atom stereocenters. The number of rotatable bonds is 13. The van der Waals surface area contributed by atoms with Crippen LogP contribution >= 0.6 is 0 Å². The first kappa shape index (κ1) is 33.0. The lowest BCUT2D eigenvalue weighted by Crippen LogP contribution is -2.35. The Labute approximate surface area is 228 Å². The van der Waals surface area contributed by atoms with Crippen molar-refractivity contribution in [2.45, 2.75) is 38.5 Å². The second-order valence-electron chi connectivity index (χ2n) is 8.90. The number of benzene rings is 2. The van der Waals surface area contributed by atoms with Crippen LogP contribution in [0.4, 0.5) is 0 Å². The zero-order chi connectivity index (χ0) is 29.6. The van der Waals surface area contributed by atoms with Gasteiger partial charge in [0.2, 0.25) is 0 Å². The zero-order valence-corrected chi connectivity index (χ0v) is 23.4. The van der Waals surface area contributed by atoms with Gasteiger partial charge in [-0.05, 0) is 82.1 Å². The van der Waals surface area contributed by atoms with Gasteiger partial charge < -0.3 is 39.2 Å². The van der Waals surface area contributed by atoms with Crippen LogP contribution in [0.3, 0.4) is 0 Å². The van der Waals surface area contributed by atoms with E-state index in [-0.39, 0.29) is 11.7 Å². The molecule has 0 amide bonds. The SMILES string of the molecule is CCOC(=O)C(C)(CCCN(C)CCc1ccc(O)c(OC)c1)c1ccc(OC)c(OC)c1.O=C(O)C(=O)O. The highest BCUT2D eigenvalue weighted by Crippen LogP contribution is 2.37. The third-order valence-electron chi connectivity index (χ3n) is 6.17. The van der Waals surface area contributed by atoms with Crippen LogP contribution in [0.1, 0.15) is 37.8 Å². The Morgan fingerprint density at radius 3 is 2.03 bits per heavy atom. The molecule has 2 aromatic carbocycles. The molecular formula is C28H39NO10. The molecule has 3 N–H and O–H groups in total. The highest BCUT2D eigenvalue weighted by molar-refractivity contribution is 6.27. The van der Waals surface area contributed by atoms with E-state index in [2.05, 4.69) is 11.9 Å². The Bertz CT molecular complexity index is 1090. The normalized spacial score (nSPS) is 12.0. The van der Waals surface area contributed by atoms with E-state index >= 15 is 0 Å². The molecule has 0 bridgehead atoms. The van der Waals surface area contributed by atoms with Gasteiger partial charge >= 0.3 is 17.9 Å². The molecule has 0 radical (unpaired) electrons. The Kier molecular flexibility index (Phi) is 13.6. The van der Waals surface area contributed by atoms with Gasteiger partial charge in [0, 0.05) is 6.54 Å². The van der Waals surface area contributed by atoms with Gasteiger partial charge in [-0.15, -0.1) is 0 Å². The molecule has 216 valence electrons. The molecule has 0 heterocycles. The Morgan fingerprint density at radius 2 is 1.49 bits per heavy atom. The lowest BCUT2D eigenvalue weighted by atomic mass is 9.78. The van der Waals surface area contributed by atoms with Gasteiger partial charge in [-0.25, -0.2) is 9.59 Å². The molecule has 2 aromatic rings. The fraction of sp³-hybridized carbons (Fsp3) is 0.464. The molecule has 1 unspecified atom stereocenters. The molecule has 11 nitrogen and oxygen atoms in total. The van der Waals surface area contributed by atoms with Crippen molar-refractivity contribution >= 4 is 17.9 Å². The maximum absolute atomic E-state index is 13.0. The van der Waals surface area contributed by atoms with Crippen molar-refractivity contribution in [3.05, 3.63) is 47.5 Å². The fourth-order valence-corrected chi connectivity index (χ4v) is 3.85. The number of phenols is 1. The topological polar surface area (TPSA) is 152 Å². The van der Waals surface area contributed by atoms with E-state index in [0.717, 1.165) is 37.1 Å². The van der Waals surface area contributed by atoms with E-state index in [1.807, 2.05) is 44.2 Å². The highest BCUT2D eigenvalue weighted by Gasteiger charge is 2.37. The molecule has 0 spiro atoms. The van der Waals surface area contributed by atoms with Gasteiger partial charge in [-0.2, -0.15) is 0 Å². The lowest BCUT2D eigenvalue weighted by Gasteiger charge is -2.29. The number of esters is 1. The second-order valence-corrected chi connectivity index (χ2v) is 8.90. The summed E-state index contributed by atoms with van der Waals surface area (Å²) in [7, 11) is 6.79. The summed E-state index contributed by atoms with van der Waals surface area (Å²) in [6, 6.07) is 11.0. The van der Waals surface area contributed by atoms with Crippen LogP contribution in [0.25, 0.3) is 0 Å². The Balaban J connectivity index is 0.00000113. The van der Waals surface area contributed by atoms with Crippen LogP contribution in [0.15, 0.2) is 36.4 Å². The number of carbonyl (C=O) groups is 3. The molecule has 39 heavy (non-hydrogen) atoms. The summed E-state index contributed by atoms with van der Waals surface area (Å²) in [4.78, 5) is 33.4. The van der Waals surface area contributed by atoms with Crippen molar-refractivity contribution in [3.63, 3.8) is 0 Å². The predicted molar refractivity (Wildman–Crippen MR) is 144 cm³/mol. The lowest BCUT2D eigenvalue weighted by molar-refractivity contribution is -0.159. The van der Waals surface area contributed by atoms with E-state index in [1.165, 1.54) is 0 Å². The number of aliphatic carboxylic acids is 2. The smallest absolute Gasteiger partial charge is 0.414 e. The number of ether oxygens (including phenoxy) is 4. The standard InChI is InChI=1S/C26H37NO6.C2H2O4/c1-7-33-25(29)26(2,20-10-12-22(30-4)24(18-20)32-6)14-8-15-27(3)16-13-19-9-11-21(28)23(17-19)31-5;3-1(4)2(5)6/h9-12,17-18,28H,7-8,13-16H2,1-6H3;(H,3,4)(H,5,6). The number of nitrogens with zero attached hydrogens (tertiary/aromatic N) is 1. The van der Waals surface area contributed by atoms with E-state index in [0.29, 0.717) is 30.3 Å². The molecule has 0 aromatic heterocycles. The van der Waals surface area contributed by atoms with Crippen LogP contribution in [0, 0.1) is 0 Å². The predicted octanol–water partition coefficient (Wildman–Crippen LogP) is 3.35. The van der Waals surface area contributed by atoms with Crippen molar-refractivity contribution in [3.8, 4) is 23.0 Å². The minimum atomic E-state index is -1.82. The number of carbonyl (C=O) groups excluding carboxylic acids is 1. The van der Waals surface area contributed by atoms with Gasteiger partial charge in [-0.1, -0.05) is 12.1 Å². The van der Waals surface area contributed by atoms with Crippen molar-refractivity contribution < 1.29 is 48.7 Å². The van der Waals surface area contributed by atoms with Crippen LogP contribution in [0.2, 0.25) is 0 Å². The van der Waals surface area contributed by atoms with E-state index in [4.69, 9.17) is 38.7 Å². The van der Waals surface area contributed by atoms with Crippen molar-refractivity contribution in [2.24, 2.45) is 0 Å². The molecule has 0 saturated carbocycles. The molecular weight excluding hydrogens is 510 g/mol. The second kappa shape index (κ2) is 16.1. The summed E-state index contributed by atoms with van der Waals surface area (Å²) in [5.74, 6) is -2.05. The highest BCUT2D eigenvalue weighted by atomic mass is 16.5. The third-order valence-corrected chi connectivity index (χ3v) is 6.17. The summed E-state index contributed by atoms with van der Waals surface area (Å²) >= 11 is 0. The first-order valence-corrected chi connectivity index (χ1v) is 12.3. The van der Waals surface area contributed by atoms with E-state index in [9.17, 15) is 9.90 Å². The Morgan fingerprint density at radius 1 is 0.872 bits per heavy atom. The Hall–Kier alpha value is -3.99. The summed E-state index contributed by atoms with van der Waals surface area (Å²) < 4.78 is 21.4. The minimum absolute atomic E-state index is 0.142. The van der Waals surface area contributed by atoms with Crippen molar-refractivity contribution in [1.82, 2.24) is 4.90 Å². The number of methoxy groups -OCH3 is 3. The van der Waals surface area contributed by atoms with Gasteiger partial charge in [0.1, 0.15) is 0 Å². The van der Waals surface area contributed by atoms with Gasteiger partial charge in [0.05, 0.1) is 33.4 Å². The zero-order valence-electron chi connectivity index (χ0n) is 23.4. The maximum Gasteiger partial charge on any atom is 0.414 e. The number of carboxylic acid groups (broad SMARTS) is 2. The summed E-state index contributed by atoms with van der Waals surface area (Å²) in [6.45, 7) is 5.75. The number of phenolic OH excluding ortho intramolecular Hbond substituents is 1. The first-order chi connectivity index (χ1) is 18.4. The number of likely N-dealkylation sites (N-methyl/N-ethyl adjacent to an activating group) is 1. The summed E-state index contributed by atoms with van der Waals surface area (Å²) in [5.41, 5.74) is 1.15. The van der Waals surface area contributed by atoms with Crippen LogP contribution in [-0.2, 0) is 31.0 Å². The molecule has 0 aliphatic rings. The molecule has 0 fully saturated rings. The van der Waals surface area contributed by atoms with Crippen molar-refractivity contribution in [2.75, 3.05) is 48.1 Å². The summed E-state index contributed by atoms with van der Waals surface area (Å²) in [6.07, 6.45) is 2.29. The van der Waals surface area contributed by atoms with Crippen LogP contribution in [0.5, 0.6) is 23.0 Å². The van der Waals surface area contributed by atoms with Crippen LogP contribution < -0.4 is 14.2 Å². The average molecular weight is 550 g/mol. The number of aromatic hydroxyl groups is 1. The average Bonchev–Trinajstić information content (AvgIpc) is 2.92. The number of hydrogen-bond acceptors (Lipinski definition) is 9. The van der Waals surface area contributed by atoms with Gasteiger partial charge in [0.25, 0.3) is 0 Å². The number of carboxylic acids is 2. The largest absolute Gasteiger partial charge is 0.504 e. The fourth-order valence-electron chi connectivity index (χ4n) is 3.85. The molecule has 2 rings (SSSR count). The van der Waals surface area contributed by atoms with E-state index in [1.54, 1.807) is 27.4 Å². The summed E-state index contributed by atoms with van der Waals surface area (Å²) in [5, 5.41) is 24.5. The molecule has 11 heteroatoms. The minimum Gasteiger partial charge on any atom is -0.504 e. The first-order valence-electron chi connectivity index (χ1n) is 12.3. The molecule has 0 aliphatic carbocycles. The van der Waals surface area contributed by atoms with Gasteiger partial charge in [0.15, 0.2) is 23.0 Å². The molecule has 0 aliphatic heterocycles. The third kappa shape index (κ3) is 10.0. The number of hydrogen-bond donors (Lipinski definition) is 3. The molecule has 0 saturated heterocycles. The quantitative estimate of drug-likeness (QED) is 0.249. The van der Waals surface area contributed by atoms with Gasteiger partial charge in [-0.3, -0.25) is 4.79 Å².